The number of hydrogen-bond acceptors (Lipinski definition) is 4. The van der Waals surface area contributed by atoms with Crippen LogP contribution in [0.3, 0.4) is 0 Å². The van der Waals surface area contributed by atoms with Crippen LogP contribution in [0.5, 0.6) is 0 Å². The van der Waals surface area contributed by atoms with Crippen LogP contribution in [0, 0.1) is 5.92 Å². The van der Waals surface area contributed by atoms with Crippen LogP contribution in [0.25, 0.3) is 0 Å². The molecule has 0 unspecified atom stereocenters. The highest BCUT2D eigenvalue weighted by atomic mass is 35.5. The number of benzene rings is 2. The second kappa shape index (κ2) is 11.4. The summed E-state index contributed by atoms with van der Waals surface area (Å²) < 4.78 is 27.6. The first-order chi connectivity index (χ1) is 15.3. The van der Waals surface area contributed by atoms with Gasteiger partial charge in [0.25, 0.3) is 10.0 Å². The molecule has 9 heteroatoms. The first kappa shape index (κ1) is 24.8. The predicted molar refractivity (Wildman–Crippen MR) is 130 cm³/mol. The van der Waals surface area contributed by atoms with E-state index in [1.54, 1.807) is 24.3 Å². The van der Waals surface area contributed by atoms with E-state index in [2.05, 4.69) is 17.1 Å². The third kappa shape index (κ3) is 6.61. The molecule has 0 saturated carbocycles. The van der Waals surface area contributed by atoms with E-state index in [1.165, 1.54) is 37.1 Å². The first-order valence-corrected chi connectivity index (χ1v) is 13.0. The number of nitrogens with one attached hydrogen (secondary N) is 1. The lowest BCUT2D eigenvalue weighted by Gasteiger charge is -2.30. The molecule has 3 rings (SSSR count). The van der Waals surface area contributed by atoms with Gasteiger partial charge >= 0.3 is 0 Å². The number of carbonyl (C=O) groups is 1. The Morgan fingerprint density at radius 2 is 1.78 bits per heavy atom. The smallest absolute Gasteiger partial charge is 0.264 e. The molecule has 0 aliphatic carbocycles. The molecule has 1 aliphatic rings. The van der Waals surface area contributed by atoms with Crippen molar-refractivity contribution in [2.24, 2.45) is 5.92 Å². The van der Waals surface area contributed by atoms with Gasteiger partial charge in [-0.25, -0.2) is 8.42 Å². The molecule has 1 amide bonds. The second-order valence-electron chi connectivity index (χ2n) is 8.15. The molecular formula is C23H29Cl2N3O3S. The molecule has 0 aromatic heterocycles. The Hall–Kier alpha value is -1.80. The fourth-order valence-corrected chi connectivity index (χ4v) is 5.40. The molecule has 1 saturated heterocycles. The minimum Gasteiger partial charge on any atom is -0.354 e. The third-order valence-electron chi connectivity index (χ3n) is 5.66. The molecule has 1 aliphatic heterocycles. The van der Waals surface area contributed by atoms with Crippen molar-refractivity contribution >= 4 is 44.8 Å². The number of sulfonamides is 1. The van der Waals surface area contributed by atoms with Crippen LogP contribution in [0.15, 0.2) is 53.4 Å². The predicted octanol–water partition coefficient (Wildman–Crippen LogP) is 4.43. The summed E-state index contributed by atoms with van der Waals surface area (Å²) in [4.78, 5) is 15.2. The lowest BCUT2D eigenvalue weighted by Crippen LogP contribution is -2.42. The summed E-state index contributed by atoms with van der Waals surface area (Å²) >= 11 is 12.1. The van der Waals surface area contributed by atoms with Crippen molar-refractivity contribution in [2.75, 3.05) is 37.0 Å². The van der Waals surface area contributed by atoms with Gasteiger partial charge < -0.3 is 10.2 Å². The summed E-state index contributed by atoms with van der Waals surface area (Å²) in [6, 6.07) is 12.5. The molecule has 174 valence electrons. The van der Waals surface area contributed by atoms with Crippen molar-refractivity contribution in [1.82, 2.24) is 10.2 Å². The van der Waals surface area contributed by atoms with Gasteiger partial charge in [-0.1, -0.05) is 48.3 Å². The van der Waals surface area contributed by atoms with E-state index < -0.39 is 10.0 Å². The normalized spacial score (nSPS) is 15.5. The largest absolute Gasteiger partial charge is 0.354 e. The molecule has 0 spiro atoms. The number of rotatable bonds is 9. The first-order valence-electron chi connectivity index (χ1n) is 10.8. The molecule has 1 heterocycles. The number of hydrogen-bond donors (Lipinski definition) is 1. The summed E-state index contributed by atoms with van der Waals surface area (Å²) in [5, 5.41) is 3.38. The third-order valence-corrected chi connectivity index (χ3v) is 8.19. The molecule has 0 radical (unpaired) electrons. The van der Waals surface area contributed by atoms with Crippen molar-refractivity contribution in [2.45, 2.75) is 31.1 Å². The lowest BCUT2D eigenvalue weighted by molar-refractivity contribution is -0.119. The average molecular weight is 498 g/mol. The van der Waals surface area contributed by atoms with Crippen LogP contribution in [0.4, 0.5) is 5.69 Å². The molecule has 6 nitrogen and oxygen atoms in total. The van der Waals surface area contributed by atoms with E-state index in [9.17, 15) is 13.2 Å². The molecule has 0 atom stereocenters. The van der Waals surface area contributed by atoms with E-state index in [1.807, 2.05) is 0 Å². The van der Waals surface area contributed by atoms with Crippen LogP contribution in [0.1, 0.15) is 26.2 Å². The number of carbonyl (C=O) groups excluding carboxylic acids is 1. The zero-order valence-corrected chi connectivity index (χ0v) is 20.5. The van der Waals surface area contributed by atoms with Crippen molar-refractivity contribution in [1.29, 1.82) is 0 Å². The van der Waals surface area contributed by atoms with Gasteiger partial charge in [0.05, 0.1) is 20.6 Å². The molecule has 2 aromatic rings. The van der Waals surface area contributed by atoms with E-state index in [0.717, 1.165) is 36.3 Å². The Kier molecular flexibility index (Phi) is 8.82. The van der Waals surface area contributed by atoms with Gasteiger partial charge in [0.15, 0.2) is 0 Å². The zero-order valence-electron chi connectivity index (χ0n) is 18.1. The van der Waals surface area contributed by atoms with E-state index in [0.29, 0.717) is 11.6 Å². The van der Waals surface area contributed by atoms with Gasteiger partial charge in [0.2, 0.25) is 5.91 Å². The number of anilines is 1. The van der Waals surface area contributed by atoms with Crippen LogP contribution in [-0.4, -0.2) is 51.9 Å². The van der Waals surface area contributed by atoms with E-state index >= 15 is 0 Å². The topological polar surface area (TPSA) is 69.7 Å². The van der Waals surface area contributed by atoms with Crippen molar-refractivity contribution < 1.29 is 13.2 Å². The number of likely N-dealkylation sites (tertiary alicyclic amines) is 1. The van der Waals surface area contributed by atoms with E-state index in [-0.39, 0.29) is 28.1 Å². The maximum Gasteiger partial charge on any atom is 0.264 e. The summed E-state index contributed by atoms with van der Waals surface area (Å²) in [7, 11) is -3.97. The van der Waals surface area contributed by atoms with Gasteiger partial charge in [-0.15, -0.1) is 0 Å². The number of nitrogens with zero attached hydrogens (tertiary/aromatic N) is 2. The van der Waals surface area contributed by atoms with Gasteiger partial charge in [-0.3, -0.25) is 9.10 Å². The van der Waals surface area contributed by atoms with Gasteiger partial charge in [-0.05, 0) is 75.1 Å². The summed E-state index contributed by atoms with van der Waals surface area (Å²) in [6.45, 7) is 5.53. The van der Waals surface area contributed by atoms with Crippen LogP contribution in [0.2, 0.25) is 10.0 Å². The van der Waals surface area contributed by atoms with Crippen LogP contribution < -0.4 is 9.62 Å². The second-order valence-corrected chi connectivity index (χ2v) is 10.8. The SMILES string of the molecule is CC1CCN(CCCNC(=O)CN(c2ccc(Cl)c(Cl)c2)S(=O)(=O)c2ccccc2)CC1. The van der Waals surface area contributed by atoms with Gasteiger partial charge in [0, 0.05) is 6.54 Å². The molecule has 1 fully saturated rings. The minimum absolute atomic E-state index is 0.0956. The van der Waals surface area contributed by atoms with Crippen molar-refractivity contribution in [3.05, 3.63) is 58.6 Å². The van der Waals surface area contributed by atoms with Gasteiger partial charge in [-0.2, -0.15) is 0 Å². The standard InChI is InChI=1S/C23H29Cl2N3O3S/c1-18-10-14-27(15-11-18)13-5-12-26-23(29)17-28(19-8-9-21(24)22(25)16-19)32(30,31)20-6-3-2-4-7-20/h2-4,6-9,16,18H,5,10-15,17H2,1H3,(H,26,29). The van der Waals surface area contributed by atoms with Crippen molar-refractivity contribution in [3.8, 4) is 0 Å². The highest BCUT2D eigenvalue weighted by Crippen LogP contribution is 2.30. The van der Waals surface area contributed by atoms with E-state index in [4.69, 9.17) is 23.2 Å². The fourth-order valence-electron chi connectivity index (χ4n) is 3.68. The van der Waals surface area contributed by atoms with Crippen LogP contribution in [-0.2, 0) is 14.8 Å². The Labute approximate surface area is 200 Å². The summed E-state index contributed by atoms with van der Waals surface area (Å²) in [5.74, 6) is 0.410. The number of piperidine rings is 1. The molecular weight excluding hydrogens is 469 g/mol. The molecule has 2 aromatic carbocycles. The Morgan fingerprint density at radius 3 is 2.44 bits per heavy atom. The lowest BCUT2D eigenvalue weighted by atomic mass is 9.99. The maximum absolute atomic E-state index is 13.3. The summed E-state index contributed by atoms with van der Waals surface area (Å²) in [5.41, 5.74) is 0.279. The zero-order chi connectivity index (χ0) is 23.1. The number of amides is 1. The number of halogens is 2. The Bertz CT molecular complexity index is 1010. The Balaban J connectivity index is 1.66. The minimum atomic E-state index is -3.97. The highest BCUT2D eigenvalue weighted by molar-refractivity contribution is 7.92. The molecule has 32 heavy (non-hydrogen) atoms. The molecule has 1 N–H and O–H groups in total. The van der Waals surface area contributed by atoms with Gasteiger partial charge in [0.1, 0.15) is 6.54 Å². The quantitative estimate of drug-likeness (QED) is 0.520. The fraction of sp³-hybridized carbons (Fsp3) is 0.435. The highest BCUT2D eigenvalue weighted by Gasteiger charge is 2.27. The summed E-state index contributed by atoms with van der Waals surface area (Å²) in [6.07, 6.45) is 3.24. The van der Waals surface area contributed by atoms with Crippen LogP contribution >= 0.6 is 23.2 Å². The maximum atomic E-state index is 13.3. The Morgan fingerprint density at radius 1 is 1.09 bits per heavy atom. The molecule has 0 bridgehead atoms. The van der Waals surface area contributed by atoms with Crippen molar-refractivity contribution in [3.63, 3.8) is 0 Å². The monoisotopic (exact) mass is 497 g/mol. The average Bonchev–Trinajstić information content (AvgIpc) is 2.79.